The van der Waals surface area contributed by atoms with Crippen LogP contribution in [0.3, 0.4) is 0 Å². The molecule has 2 rings (SSSR count). The van der Waals surface area contributed by atoms with Gasteiger partial charge in [-0.3, -0.25) is 0 Å². The van der Waals surface area contributed by atoms with E-state index in [0.717, 1.165) is 0 Å². The Bertz CT molecular complexity index is 303. The summed E-state index contributed by atoms with van der Waals surface area (Å²) in [7, 11) is 0. The van der Waals surface area contributed by atoms with Gasteiger partial charge in [-0.25, -0.2) is 0 Å². The van der Waals surface area contributed by atoms with Crippen molar-refractivity contribution in [1.29, 1.82) is 0 Å². The molecule has 0 spiro atoms. The fraction of sp³-hybridized carbons (Fsp3) is 0.455. The Morgan fingerprint density at radius 3 is 2.54 bits per heavy atom. The summed E-state index contributed by atoms with van der Waals surface area (Å²) in [4.78, 5) is 0. The number of phenols is 1. The second-order valence-corrected chi connectivity index (χ2v) is 3.80. The van der Waals surface area contributed by atoms with E-state index >= 15 is 0 Å². The first-order chi connectivity index (χ1) is 6.27. The highest BCUT2D eigenvalue weighted by Gasteiger charge is 2.17. The van der Waals surface area contributed by atoms with Crippen molar-refractivity contribution in [3.05, 3.63) is 23.8 Å². The molecule has 0 saturated heterocycles. The highest BCUT2D eigenvalue weighted by atomic mass is 16.3. The molecule has 0 radical (unpaired) electrons. The molecule has 13 heavy (non-hydrogen) atoms. The molecule has 0 unspecified atom stereocenters. The lowest BCUT2D eigenvalue weighted by Crippen LogP contribution is -1.94. The number of hydrogen-bond acceptors (Lipinski definition) is 2. The number of rotatable bonds is 1. The lowest BCUT2D eigenvalue weighted by atomic mass is 9.97. The number of nitrogens with two attached hydrogens (primary N) is 1. The van der Waals surface area contributed by atoms with E-state index in [1.807, 2.05) is 12.1 Å². The second-order valence-electron chi connectivity index (χ2n) is 3.80. The summed E-state index contributed by atoms with van der Waals surface area (Å²) in [5.74, 6) is 0.865. The molecule has 70 valence electrons. The maximum Gasteiger partial charge on any atom is 0.138 e. The minimum atomic E-state index is 0.196. The average molecular weight is 177 g/mol. The Hall–Kier alpha value is -1.18. The van der Waals surface area contributed by atoms with Crippen LogP contribution in [0, 0.1) is 0 Å². The lowest BCUT2D eigenvalue weighted by molar-refractivity contribution is 0.477. The van der Waals surface area contributed by atoms with E-state index < -0.39 is 0 Å². The number of nitrogen functional groups attached to an aromatic ring is 1. The van der Waals surface area contributed by atoms with Crippen LogP contribution >= 0.6 is 0 Å². The Morgan fingerprint density at radius 2 is 1.92 bits per heavy atom. The van der Waals surface area contributed by atoms with Gasteiger partial charge in [0, 0.05) is 0 Å². The van der Waals surface area contributed by atoms with Gasteiger partial charge in [-0.2, -0.15) is 0 Å². The number of hydrogen-bond donors (Lipinski definition) is 2. The van der Waals surface area contributed by atoms with Crippen molar-refractivity contribution in [3.63, 3.8) is 0 Å². The van der Waals surface area contributed by atoms with Gasteiger partial charge >= 0.3 is 0 Å². The maximum absolute atomic E-state index is 9.26. The van der Waals surface area contributed by atoms with Crippen LogP contribution in [0.25, 0.3) is 0 Å². The minimum absolute atomic E-state index is 0.196. The van der Waals surface area contributed by atoms with Crippen LogP contribution in [0.5, 0.6) is 5.75 Å². The smallest absolute Gasteiger partial charge is 0.138 e. The molecule has 0 aliphatic heterocycles. The molecular weight excluding hydrogens is 162 g/mol. The zero-order chi connectivity index (χ0) is 9.26. The van der Waals surface area contributed by atoms with Gasteiger partial charge in [0.15, 0.2) is 0 Å². The summed E-state index contributed by atoms with van der Waals surface area (Å²) in [5.41, 5.74) is 7.43. The molecule has 1 aliphatic carbocycles. The summed E-state index contributed by atoms with van der Waals surface area (Å²) < 4.78 is 0. The molecule has 0 atom stereocenters. The van der Waals surface area contributed by atoms with E-state index in [-0.39, 0.29) is 5.75 Å². The van der Waals surface area contributed by atoms with Crippen molar-refractivity contribution in [2.24, 2.45) is 0 Å². The van der Waals surface area contributed by atoms with Gasteiger partial charge in [-0.05, 0) is 36.5 Å². The molecule has 2 nitrogen and oxygen atoms in total. The summed E-state index contributed by atoms with van der Waals surface area (Å²) in [6.07, 6.45) is 5.19. The molecule has 1 fully saturated rings. The van der Waals surface area contributed by atoms with Gasteiger partial charge in [0.2, 0.25) is 0 Å². The molecule has 0 amide bonds. The van der Waals surface area contributed by atoms with Crippen LogP contribution in [0.2, 0.25) is 0 Å². The molecule has 3 N–H and O–H groups in total. The SMILES string of the molecule is Nc1cc(C2CCCC2)ccc1O. The largest absolute Gasteiger partial charge is 0.506 e. The second kappa shape index (κ2) is 3.29. The minimum Gasteiger partial charge on any atom is -0.506 e. The fourth-order valence-electron chi connectivity index (χ4n) is 2.09. The number of phenolic OH excluding ortho intramolecular Hbond substituents is 1. The molecule has 0 heterocycles. The normalized spacial score (nSPS) is 17.8. The zero-order valence-electron chi connectivity index (χ0n) is 7.66. The third-order valence-electron chi connectivity index (χ3n) is 2.88. The van der Waals surface area contributed by atoms with Crippen molar-refractivity contribution in [3.8, 4) is 5.75 Å². The van der Waals surface area contributed by atoms with Gasteiger partial charge in [0.1, 0.15) is 5.75 Å². The van der Waals surface area contributed by atoms with E-state index in [1.165, 1.54) is 31.2 Å². The van der Waals surface area contributed by atoms with E-state index in [0.29, 0.717) is 11.6 Å². The molecule has 1 aromatic rings. The first-order valence-electron chi connectivity index (χ1n) is 4.86. The third kappa shape index (κ3) is 1.62. The van der Waals surface area contributed by atoms with Gasteiger partial charge in [0.25, 0.3) is 0 Å². The van der Waals surface area contributed by atoms with Crippen molar-refractivity contribution >= 4 is 5.69 Å². The molecule has 0 bridgehead atoms. The average Bonchev–Trinajstić information content (AvgIpc) is 2.62. The Labute approximate surface area is 78.4 Å². The van der Waals surface area contributed by atoms with Gasteiger partial charge in [0.05, 0.1) is 5.69 Å². The highest BCUT2D eigenvalue weighted by molar-refractivity contribution is 5.53. The van der Waals surface area contributed by atoms with Crippen LogP contribution in [0.1, 0.15) is 37.2 Å². The first kappa shape index (κ1) is 8.42. The van der Waals surface area contributed by atoms with Gasteiger partial charge < -0.3 is 10.8 Å². The number of benzene rings is 1. The molecule has 1 aliphatic rings. The van der Waals surface area contributed by atoms with E-state index in [1.54, 1.807) is 6.07 Å². The van der Waals surface area contributed by atoms with Crippen molar-refractivity contribution in [1.82, 2.24) is 0 Å². The van der Waals surface area contributed by atoms with Crippen LogP contribution in [-0.4, -0.2) is 5.11 Å². The van der Waals surface area contributed by atoms with E-state index in [4.69, 9.17) is 5.73 Å². The number of anilines is 1. The molecule has 0 aromatic heterocycles. The number of aromatic hydroxyl groups is 1. The molecule has 1 saturated carbocycles. The summed E-state index contributed by atoms with van der Waals surface area (Å²) in [6, 6.07) is 5.59. The first-order valence-corrected chi connectivity index (χ1v) is 4.86. The Kier molecular flexibility index (Phi) is 2.13. The van der Waals surface area contributed by atoms with Crippen molar-refractivity contribution < 1.29 is 5.11 Å². The maximum atomic E-state index is 9.26. The quantitative estimate of drug-likeness (QED) is 0.511. The van der Waals surface area contributed by atoms with Crippen molar-refractivity contribution in [2.75, 3.05) is 5.73 Å². The predicted molar refractivity (Wildman–Crippen MR) is 53.7 cm³/mol. The van der Waals surface area contributed by atoms with E-state index in [2.05, 4.69) is 0 Å². The summed E-state index contributed by atoms with van der Waals surface area (Å²) >= 11 is 0. The van der Waals surface area contributed by atoms with Crippen LogP contribution in [0.15, 0.2) is 18.2 Å². The third-order valence-corrected chi connectivity index (χ3v) is 2.88. The lowest BCUT2D eigenvalue weighted by Gasteiger charge is -2.10. The van der Waals surface area contributed by atoms with Gasteiger partial charge in [-0.1, -0.05) is 18.9 Å². The highest BCUT2D eigenvalue weighted by Crippen LogP contribution is 2.36. The molecule has 2 heteroatoms. The summed E-state index contributed by atoms with van der Waals surface area (Å²) in [6.45, 7) is 0. The zero-order valence-corrected chi connectivity index (χ0v) is 7.66. The Morgan fingerprint density at radius 1 is 1.23 bits per heavy atom. The standard InChI is InChI=1S/C11H15NO/c12-10-7-9(5-6-11(10)13)8-3-1-2-4-8/h5-8,13H,1-4,12H2. The topological polar surface area (TPSA) is 46.2 Å². The molecular formula is C11H15NO. The van der Waals surface area contributed by atoms with E-state index in [9.17, 15) is 5.11 Å². The van der Waals surface area contributed by atoms with Crippen LogP contribution in [0.4, 0.5) is 5.69 Å². The van der Waals surface area contributed by atoms with Crippen molar-refractivity contribution in [2.45, 2.75) is 31.6 Å². The summed E-state index contributed by atoms with van der Waals surface area (Å²) in [5, 5.41) is 9.26. The van der Waals surface area contributed by atoms with Crippen LogP contribution < -0.4 is 5.73 Å². The fourth-order valence-corrected chi connectivity index (χ4v) is 2.09. The van der Waals surface area contributed by atoms with Crippen LogP contribution in [-0.2, 0) is 0 Å². The van der Waals surface area contributed by atoms with Gasteiger partial charge in [-0.15, -0.1) is 0 Å². The monoisotopic (exact) mass is 177 g/mol. The Balaban J connectivity index is 2.25. The molecule has 1 aromatic carbocycles. The predicted octanol–water partition coefficient (Wildman–Crippen LogP) is 2.63.